The van der Waals surface area contributed by atoms with Crippen molar-refractivity contribution in [2.24, 2.45) is 7.05 Å². The Bertz CT molecular complexity index is 1080. The van der Waals surface area contributed by atoms with Crippen LogP contribution in [-0.2, 0) is 16.6 Å². The van der Waals surface area contributed by atoms with E-state index in [-0.39, 0.29) is 0 Å². The number of rotatable bonds is 7. The lowest BCUT2D eigenvalue weighted by Gasteiger charge is -2.21. The number of amides is 2. The van der Waals surface area contributed by atoms with E-state index in [0.29, 0.717) is 11.1 Å². The third-order valence-corrected chi connectivity index (χ3v) is 5.02. The van der Waals surface area contributed by atoms with E-state index in [1.54, 1.807) is 18.3 Å². The maximum Gasteiger partial charge on any atom is 0.340 e. The number of hydrazine groups is 1. The van der Waals surface area contributed by atoms with Crippen molar-refractivity contribution in [2.75, 3.05) is 24.6 Å². The topological polar surface area (TPSA) is 92.7 Å². The molecule has 0 unspecified atom stereocenters. The number of ether oxygens (including phenoxy) is 1. The van der Waals surface area contributed by atoms with E-state index in [4.69, 9.17) is 4.74 Å². The summed E-state index contributed by atoms with van der Waals surface area (Å²) >= 11 is 0. The predicted molar refractivity (Wildman–Crippen MR) is 119 cm³/mol. The van der Waals surface area contributed by atoms with Gasteiger partial charge in [-0.1, -0.05) is 18.2 Å². The SMILES string of the molecule is CCN(CC)c1ccc(C(=O)NNC(=O)COC(=O)c2cn(C)c3ccccc23)cc1. The highest BCUT2D eigenvalue weighted by Crippen LogP contribution is 2.21. The minimum atomic E-state index is -0.637. The molecule has 0 fully saturated rings. The molecule has 31 heavy (non-hydrogen) atoms. The molecule has 8 nitrogen and oxygen atoms in total. The number of hydrogen-bond acceptors (Lipinski definition) is 5. The monoisotopic (exact) mass is 422 g/mol. The first kappa shape index (κ1) is 21.9. The van der Waals surface area contributed by atoms with E-state index < -0.39 is 24.4 Å². The number of carbonyl (C=O) groups excluding carboxylic acids is 3. The van der Waals surface area contributed by atoms with Crippen LogP contribution in [-0.4, -0.2) is 42.0 Å². The second-order valence-electron chi connectivity index (χ2n) is 6.97. The minimum absolute atomic E-state index is 0.378. The Morgan fingerprint density at radius 2 is 1.65 bits per heavy atom. The standard InChI is InChI=1S/C23H26N4O4/c1-4-27(5-2)17-12-10-16(11-13-17)22(29)25-24-21(28)15-31-23(30)19-14-26(3)20-9-7-6-8-18(19)20/h6-14H,4-5,15H2,1-3H3,(H,24,28)(H,25,29). The fraction of sp³-hybridized carbons (Fsp3) is 0.261. The molecule has 0 saturated heterocycles. The molecule has 0 aliphatic carbocycles. The van der Waals surface area contributed by atoms with Crippen molar-refractivity contribution in [3.63, 3.8) is 0 Å². The number of nitrogens with zero attached hydrogens (tertiary/aromatic N) is 2. The van der Waals surface area contributed by atoms with Crippen LogP contribution in [0.3, 0.4) is 0 Å². The van der Waals surface area contributed by atoms with Gasteiger partial charge in [0, 0.05) is 48.5 Å². The smallest absolute Gasteiger partial charge is 0.340 e. The molecule has 0 atom stereocenters. The predicted octanol–water partition coefficient (Wildman–Crippen LogP) is 2.64. The molecule has 2 amide bonds. The van der Waals surface area contributed by atoms with Crippen molar-refractivity contribution in [1.82, 2.24) is 15.4 Å². The molecule has 0 aliphatic rings. The van der Waals surface area contributed by atoms with Crippen molar-refractivity contribution in [2.45, 2.75) is 13.8 Å². The van der Waals surface area contributed by atoms with Crippen LogP contribution in [0.15, 0.2) is 54.7 Å². The summed E-state index contributed by atoms with van der Waals surface area (Å²) in [4.78, 5) is 38.7. The van der Waals surface area contributed by atoms with Crippen LogP contribution in [0.2, 0.25) is 0 Å². The number of hydrogen-bond donors (Lipinski definition) is 2. The normalized spacial score (nSPS) is 10.5. The van der Waals surface area contributed by atoms with E-state index in [9.17, 15) is 14.4 Å². The maximum absolute atomic E-state index is 12.4. The lowest BCUT2D eigenvalue weighted by atomic mass is 10.2. The molecule has 2 N–H and O–H groups in total. The van der Waals surface area contributed by atoms with Crippen molar-refractivity contribution < 1.29 is 19.1 Å². The number of fused-ring (bicyclic) bond motifs is 1. The number of nitrogens with one attached hydrogen (secondary N) is 2. The Hall–Kier alpha value is -3.81. The molecule has 0 saturated carbocycles. The Labute approximate surface area is 180 Å². The second kappa shape index (κ2) is 9.80. The third-order valence-electron chi connectivity index (χ3n) is 5.02. The van der Waals surface area contributed by atoms with Gasteiger partial charge in [0.15, 0.2) is 6.61 Å². The number of aromatic nitrogens is 1. The zero-order valence-electron chi connectivity index (χ0n) is 17.8. The molecule has 0 radical (unpaired) electrons. The molecule has 1 heterocycles. The van der Waals surface area contributed by atoms with E-state index in [2.05, 4.69) is 29.6 Å². The highest BCUT2D eigenvalue weighted by Gasteiger charge is 2.16. The molecule has 0 bridgehead atoms. The lowest BCUT2D eigenvalue weighted by Crippen LogP contribution is -2.43. The largest absolute Gasteiger partial charge is 0.452 e. The molecule has 3 rings (SSSR count). The summed E-state index contributed by atoms with van der Waals surface area (Å²) in [6, 6.07) is 14.5. The summed E-state index contributed by atoms with van der Waals surface area (Å²) < 4.78 is 6.91. The van der Waals surface area contributed by atoms with Gasteiger partial charge in [-0.05, 0) is 44.2 Å². The molecule has 0 aliphatic heterocycles. The van der Waals surface area contributed by atoms with Crippen molar-refractivity contribution in [3.8, 4) is 0 Å². The van der Waals surface area contributed by atoms with Crippen molar-refractivity contribution >= 4 is 34.4 Å². The van der Waals surface area contributed by atoms with Crippen molar-refractivity contribution in [3.05, 3.63) is 65.9 Å². The summed E-state index contributed by atoms with van der Waals surface area (Å²) in [6.45, 7) is 5.36. The molecule has 2 aromatic carbocycles. The van der Waals surface area contributed by atoms with Gasteiger partial charge < -0.3 is 14.2 Å². The first-order valence-corrected chi connectivity index (χ1v) is 10.1. The van der Waals surface area contributed by atoms with Gasteiger partial charge in [-0.3, -0.25) is 20.4 Å². The van der Waals surface area contributed by atoms with Gasteiger partial charge in [0.2, 0.25) is 0 Å². The van der Waals surface area contributed by atoms with Gasteiger partial charge in [0.1, 0.15) is 0 Å². The molecule has 3 aromatic rings. The number of benzene rings is 2. The number of esters is 1. The summed E-state index contributed by atoms with van der Waals surface area (Å²) in [5.74, 6) is -1.70. The summed E-state index contributed by atoms with van der Waals surface area (Å²) in [5.41, 5.74) is 7.27. The van der Waals surface area contributed by atoms with Gasteiger partial charge in [0.25, 0.3) is 11.8 Å². The zero-order chi connectivity index (χ0) is 22.4. The van der Waals surface area contributed by atoms with Gasteiger partial charge >= 0.3 is 5.97 Å². The Balaban J connectivity index is 1.50. The van der Waals surface area contributed by atoms with E-state index in [1.807, 2.05) is 48.0 Å². The fourth-order valence-corrected chi connectivity index (χ4v) is 3.36. The highest BCUT2D eigenvalue weighted by atomic mass is 16.5. The second-order valence-corrected chi connectivity index (χ2v) is 6.97. The molecule has 1 aromatic heterocycles. The van der Waals surface area contributed by atoms with Crippen LogP contribution in [0, 0.1) is 0 Å². The molecular weight excluding hydrogens is 396 g/mol. The van der Waals surface area contributed by atoms with Crippen LogP contribution in [0.1, 0.15) is 34.6 Å². The van der Waals surface area contributed by atoms with E-state index >= 15 is 0 Å². The lowest BCUT2D eigenvalue weighted by molar-refractivity contribution is -0.125. The summed E-state index contributed by atoms with van der Waals surface area (Å²) in [7, 11) is 1.83. The highest BCUT2D eigenvalue weighted by molar-refractivity contribution is 6.05. The van der Waals surface area contributed by atoms with Crippen LogP contribution in [0.5, 0.6) is 0 Å². The molecular formula is C23H26N4O4. The average molecular weight is 422 g/mol. The number of carbonyl (C=O) groups is 3. The quantitative estimate of drug-likeness (QED) is 0.451. The molecule has 0 spiro atoms. The Morgan fingerprint density at radius 1 is 0.968 bits per heavy atom. The van der Waals surface area contributed by atoms with E-state index in [1.165, 1.54) is 0 Å². The first-order chi connectivity index (χ1) is 14.9. The summed E-state index contributed by atoms with van der Waals surface area (Å²) in [5, 5.41) is 0.747. The molecule has 162 valence electrons. The number of anilines is 1. The Morgan fingerprint density at radius 3 is 2.32 bits per heavy atom. The minimum Gasteiger partial charge on any atom is -0.452 e. The molecule has 8 heteroatoms. The fourth-order valence-electron chi connectivity index (χ4n) is 3.36. The van der Waals surface area contributed by atoms with Crippen molar-refractivity contribution in [1.29, 1.82) is 0 Å². The first-order valence-electron chi connectivity index (χ1n) is 10.1. The number of para-hydroxylation sites is 1. The van der Waals surface area contributed by atoms with Gasteiger partial charge in [-0.25, -0.2) is 4.79 Å². The van der Waals surface area contributed by atoms with Crippen LogP contribution >= 0.6 is 0 Å². The van der Waals surface area contributed by atoms with Gasteiger partial charge in [-0.15, -0.1) is 0 Å². The van der Waals surface area contributed by atoms with Crippen LogP contribution in [0.25, 0.3) is 10.9 Å². The van der Waals surface area contributed by atoms with Gasteiger partial charge in [0.05, 0.1) is 5.56 Å². The van der Waals surface area contributed by atoms with E-state index in [0.717, 1.165) is 29.7 Å². The van der Waals surface area contributed by atoms with Crippen LogP contribution < -0.4 is 15.8 Å². The van der Waals surface area contributed by atoms with Crippen LogP contribution in [0.4, 0.5) is 5.69 Å². The maximum atomic E-state index is 12.4. The summed E-state index contributed by atoms with van der Waals surface area (Å²) in [6.07, 6.45) is 1.66. The van der Waals surface area contributed by atoms with Gasteiger partial charge in [-0.2, -0.15) is 0 Å². The third kappa shape index (κ3) is 5.03. The average Bonchev–Trinajstić information content (AvgIpc) is 3.14. The number of aryl methyl sites for hydroxylation is 1. The zero-order valence-corrected chi connectivity index (χ0v) is 17.8. The Kier molecular flexibility index (Phi) is 6.92.